The van der Waals surface area contributed by atoms with Crippen LogP contribution in [-0.2, 0) is 26.2 Å². The number of hydrogen-bond acceptors (Lipinski definition) is 4. The summed E-state index contributed by atoms with van der Waals surface area (Å²) in [6.07, 6.45) is 1.04. The van der Waals surface area contributed by atoms with E-state index in [-0.39, 0.29) is 18.5 Å². The predicted molar refractivity (Wildman–Crippen MR) is 136 cm³/mol. The quantitative estimate of drug-likeness (QED) is 0.502. The second kappa shape index (κ2) is 11.4. The van der Waals surface area contributed by atoms with Crippen LogP contribution in [0.3, 0.4) is 0 Å². The third kappa shape index (κ3) is 7.72. The summed E-state index contributed by atoms with van der Waals surface area (Å²) in [7, 11) is -3.81. The molecule has 2 aromatic carbocycles. The maximum atomic E-state index is 13.5. The summed E-state index contributed by atoms with van der Waals surface area (Å²) >= 11 is 9.48. The summed E-state index contributed by atoms with van der Waals surface area (Å²) < 4.78 is 27.2. The van der Waals surface area contributed by atoms with Crippen molar-refractivity contribution in [3.8, 4) is 0 Å². The molecule has 0 spiro atoms. The minimum Gasteiger partial charge on any atom is -0.352 e. The maximum Gasteiger partial charge on any atom is 0.244 e. The zero-order valence-corrected chi connectivity index (χ0v) is 22.5. The van der Waals surface area contributed by atoms with Gasteiger partial charge in [-0.05, 0) is 63.1 Å². The molecule has 0 unspecified atom stereocenters. The molecule has 0 aromatic heterocycles. The highest BCUT2D eigenvalue weighted by Crippen LogP contribution is 2.27. The average Bonchev–Trinajstić information content (AvgIpc) is 2.71. The number of hydrogen-bond donors (Lipinski definition) is 1. The van der Waals surface area contributed by atoms with E-state index in [1.165, 1.54) is 11.0 Å². The van der Waals surface area contributed by atoms with Crippen molar-refractivity contribution in [2.24, 2.45) is 0 Å². The second-order valence-electron chi connectivity index (χ2n) is 8.19. The number of nitrogens with zero attached hydrogens (tertiary/aromatic N) is 2. The zero-order valence-electron chi connectivity index (χ0n) is 19.3. The SMILES string of the molecule is Cc1ccc(Cl)cc1N(CC(=O)N(Cc1ccc(Br)cc1)[C@@H](C)C(=O)NC(C)C)S(C)(=O)=O. The van der Waals surface area contributed by atoms with E-state index >= 15 is 0 Å². The Morgan fingerprint density at radius 3 is 2.24 bits per heavy atom. The summed E-state index contributed by atoms with van der Waals surface area (Å²) in [5.74, 6) is -0.825. The van der Waals surface area contributed by atoms with E-state index in [1.807, 2.05) is 38.1 Å². The molecule has 180 valence electrons. The number of carbonyl (C=O) groups excluding carboxylic acids is 2. The first-order chi connectivity index (χ1) is 15.3. The molecular weight excluding hydrogens is 530 g/mol. The second-order valence-corrected chi connectivity index (χ2v) is 11.4. The van der Waals surface area contributed by atoms with Gasteiger partial charge in [0.2, 0.25) is 21.8 Å². The van der Waals surface area contributed by atoms with E-state index in [1.54, 1.807) is 26.0 Å². The van der Waals surface area contributed by atoms with Crippen LogP contribution >= 0.6 is 27.5 Å². The first-order valence-corrected chi connectivity index (χ1v) is 13.4. The number of aryl methyl sites for hydroxylation is 1. The van der Waals surface area contributed by atoms with Crippen LogP contribution in [0.25, 0.3) is 0 Å². The normalized spacial score (nSPS) is 12.4. The van der Waals surface area contributed by atoms with Crippen molar-refractivity contribution in [3.63, 3.8) is 0 Å². The van der Waals surface area contributed by atoms with E-state index < -0.39 is 28.5 Å². The third-order valence-corrected chi connectivity index (χ3v) is 6.87. The molecule has 1 atom stereocenters. The number of sulfonamides is 1. The Labute approximate surface area is 209 Å². The summed E-state index contributed by atoms with van der Waals surface area (Å²) in [4.78, 5) is 27.6. The smallest absolute Gasteiger partial charge is 0.244 e. The van der Waals surface area contributed by atoms with Crippen LogP contribution in [0.2, 0.25) is 5.02 Å². The van der Waals surface area contributed by atoms with Crippen molar-refractivity contribution >= 4 is 55.1 Å². The van der Waals surface area contributed by atoms with Crippen molar-refractivity contribution in [3.05, 3.63) is 63.1 Å². The number of rotatable bonds is 9. The van der Waals surface area contributed by atoms with Gasteiger partial charge in [0.05, 0.1) is 11.9 Å². The van der Waals surface area contributed by atoms with E-state index in [4.69, 9.17) is 11.6 Å². The van der Waals surface area contributed by atoms with Gasteiger partial charge in [-0.25, -0.2) is 8.42 Å². The average molecular weight is 559 g/mol. The molecule has 0 aliphatic heterocycles. The van der Waals surface area contributed by atoms with Crippen molar-refractivity contribution in [1.29, 1.82) is 0 Å². The molecule has 2 amide bonds. The summed E-state index contributed by atoms with van der Waals surface area (Å²) in [5, 5.41) is 3.17. The van der Waals surface area contributed by atoms with Gasteiger partial charge in [-0.15, -0.1) is 0 Å². The highest BCUT2D eigenvalue weighted by Gasteiger charge is 2.30. The molecule has 1 N–H and O–H groups in total. The number of halogens is 2. The van der Waals surface area contributed by atoms with Crippen molar-refractivity contribution in [1.82, 2.24) is 10.2 Å². The van der Waals surface area contributed by atoms with E-state index in [9.17, 15) is 18.0 Å². The lowest BCUT2D eigenvalue weighted by Crippen LogP contribution is -2.52. The Hall–Kier alpha value is -2.10. The van der Waals surface area contributed by atoms with Gasteiger partial charge in [-0.2, -0.15) is 0 Å². The van der Waals surface area contributed by atoms with Crippen LogP contribution < -0.4 is 9.62 Å². The molecule has 0 fully saturated rings. The van der Waals surface area contributed by atoms with Gasteiger partial charge >= 0.3 is 0 Å². The Bertz CT molecular complexity index is 1110. The highest BCUT2D eigenvalue weighted by molar-refractivity contribution is 9.10. The van der Waals surface area contributed by atoms with Gasteiger partial charge in [0, 0.05) is 22.1 Å². The Kier molecular flexibility index (Phi) is 9.34. The predicted octanol–water partition coefficient (Wildman–Crippen LogP) is 4.12. The lowest BCUT2D eigenvalue weighted by molar-refractivity contribution is -0.139. The third-order valence-electron chi connectivity index (χ3n) is 4.98. The van der Waals surface area contributed by atoms with E-state index in [0.717, 1.165) is 20.6 Å². The van der Waals surface area contributed by atoms with Crippen LogP contribution in [0.5, 0.6) is 0 Å². The fourth-order valence-corrected chi connectivity index (χ4v) is 4.55. The van der Waals surface area contributed by atoms with Gasteiger partial charge in [0.1, 0.15) is 12.6 Å². The van der Waals surface area contributed by atoms with Crippen LogP contribution in [0.15, 0.2) is 46.9 Å². The lowest BCUT2D eigenvalue weighted by atomic mass is 10.1. The molecule has 2 aromatic rings. The molecular formula is C23H29BrClN3O4S. The summed E-state index contributed by atoms with van der Waals surface area (Å²) in [5.41, 5.74) is 1.78. The van der Waals surface area contributed by atoms with E-state index in [0.29, 0.717) is 16.3 Å². The van der Waals surface area contributed by atoms with Crippen LogP contribution in [0.1, 0.15) is 31.9 Å². The summed E-state index contributed by atoms with van der Waals surface area (Å²) in [6.45, 7) is 6.72. The van der Waals surface area contributed by atoms with E-state index in [2.05, 4.69) is 21.2 Å². The molecule has 0 radical (unpaired) electrons. The molecule has 0 aliphatic rings. The standard InChI is InChI=1S/C23H29BrClN3O4S/c1-15(2)26-23(30)17(4)27(13-18-7-9-19(24)10-8-18)22(29)14-28(33(5,31)32)21-12-20(25)11-6-16(21)3/h6-12,15,17H,13-14H2,1-5H3,(H,26,30)/t17-/m0/s1. The minimum atomic E-state index is -3.81. The highest BCUT2D eigenvalue weighted by atomic mass is 79.9. The Morgan fingerprint density at radius 1 is 1.09 bits per heavy atom. The Balaban J connectivity index is 2.42. The largest absolute Gasteiger partial charge is 0.352 e. The molecule has 0 heterocycles. The van der Waals surface area contributed by atoms with Crippen molar-refractivity contribution in [2.75, 3.05) is 17.1 Å². The molecule has 0 bridgehead atoms. The minimum absolute atomic E-state index is 0.105. The van der Waals surface area contributed by atoms with Crippen LogP contribution in [-0.4, -0.2) is 50.0 Å². The number of anilines is 1. The Morgan fingerprint density at radius 2 is 1.70 bits per heavy atom. The molecule has 0 saturated heterocycles. The zero-order chi connectivity index (χ0) is 24.9. The van der Waals surface area contributed by atoms with Gasteiger partial charge in [-0.1, -0.05) is 45.7 Å². The molecule has 2 rings (SSSR count). The number of carbonyl (C=O) groups is 2. The van der Waals surface area contributed by atoms with Crippen LogP contribution in [0.4, 0.5) is 5.69 Å². The van der Waals surface area contributed by atoms with Crippen LogP contribution in [0, 0.1) is 6.92 Å². The fourth-order valence-electron chi connectivity index (χ4n) is 3.22. The fraction of sp³-hybridized carbons (Fsp3) is 0.391. The van der Waals surface area contributed by atoms with Gasteiger partial charge in [0.25, 0.3) is 0 Å². The molecule has 7 nitrogen and oxygen atoms in total. The topological polar surface area (TPSA) is 86.8 Å². The summed E-state index contributed by atoms with van der Waals surface area (Å²) in [6, 6.07) is 11.3. The van der Waals surface area contributed by atoms with Crippen molar-refractivity contribution < 1.29 is 18.0 Å². The first kappa shape index (κ1) is 27.1. The monoisotopic (exact) mass is 557 g/mol. The van der Waals surface area contributed by atoms with Gasteiger partial charge in [0.15, 0.2) is 0 Å². The molecule has 10 heteroatoms. The maximum absolute atomic E-state index is 13.5. The van der Waals surface area contributed by atoms with Gasteiger partial charge in [-0.3, -0.25) is 13.9 Å². The molecule has 33 heavy (non-hydrogen) atoms. The lowest BCUT2D eigenvalue weighted by Gasteiger charge is -2.32. The number of nitrogens with one attached hydrogen (secondary N) is 1. The van der Waals surface area contributed by atoms with Crippen molar-refractivity contribution in [2.45, 2.75) is 46.3 Å². The molecule has 0 aliphatic carbocycles. The molecule has 0 saturated carbocycles. The first-order valence-electron chi connectivity index (χ1n) is 10.4. The number of amides is 2. The van der Waals surface area contributed by atoms with Gasteiger partial charge < -0.3 is 10.2 Å². The number of benzene rings is 2.